The van der Waals surface area contributed by atoms with Crippen molar-refractivity contribution in [3.8, 4) is 0 Å². The lowest BCUT2D eigenvalue weighted by Gasteiger charge is -2.30. The van der Waals surface area contributed by atoms with E-state index in [9.17, 15) is 29.3 Å². The van der Waals surface area contributed by atoms with Gasteiger partial charge < -0.3 is 9.64 Å². The first-order chi connectivity index (χ1) is 18.3. The highest BCUT2D eigenvalue weighted by Gasteiger charge is 2.57. The molecule has 0 aliphatic carbocycles. The van der Waals surface area contributed by atoms with Gasteiger partial charge in [0.25, 0.3) is 5.69 Å². The normalized spacial score (nSPS) is 22.9. The first-order valence-corrected chi connectivity index (χ1v) is 14.3. The van der Waals surface area contributed by atoms with Gasteiger partial charge in [-0.1, -0.05) is 29.2 Å². The molecule has 0 spiro atoms. The van der Waals surface area contributed by atoms with Gasteiger partial charge in [-0.3, -0.25) is 33.9 Å². The molecule has 196 valence electrons. The van der Waals surface area contributed by atoms with E-state index in [0.717, 1.165) is 32.9 Å². The average molecular weight is 573 g/mol. The quantitative estimate of drug-likeness (QED) is 0.259. The zero-order valence-electron chi connectivity index (χ0n) is 19.7. The zero-order chi connectivity index (χ0) is 26.6. The van der Waals surface area contributed by atoms with E-state index in [4.69, 9.17) is 4.74 Å². The minimum Gasteiger partial charge on any atom is -0.378 e. The topological polar surface area (TPSA) is 132 Å². The molecular formula is C24H20N4O7S3. The van der Waals surface area contributed by atoms with Crippen LogP contribution in [-0.2, 0) is 25.7 Å². The lowest BCUT2D eigenvalue weighted by molar-refractivity contribution is -0.384. The third kappa shape index (κ3) is 4.08. The van der Waals surface area contributed by atoms with Crippen molar-refractivity contribution in [3.05, 3.63) is 71.3 Å². The van der Waals surface area contributed by atoms with E-state index in [1.165, 1.54) is 40.2 Å². The van der Waals surface area contributed by atoms with E-state index in [0.29, 0.717) is 36.2 Å². The third-order valence-electron chi connectivity index (χ3n) is 6.87. The second-order valence-corrected chi connectivity index (χ2v) is 12.1. The van der Waals surface area contributed by atoms with Gasteiger partial charge in [0.05, 0.1) is 34.8 Å². The molecule has 0 N–H and O–H groups in total. The lowest BCUT2D eigenvalue weighted by Crippen LogP contribution is -2.43. The molecule has 38 heavy (non-hydrogen) atoms. The maximum absolute atomic E-state index is 13.8. The number of carbonyl (C=O) groups is 3. The van der Waals surface area contributed by atoms with Gasteiger partial charge in [-0.05, 0) is 23.6 Å². The lowest BCUT2D eigenvalue weighted by atomic mass is 9.87. The number of anilines is 1. The van der Waals surface area contributed by atoms with Crippen molar-refractivity contribution in [2.75, 3.05) is 31.2 Å². The highest BCUT2D eigenvalue weighted by atomic mass is 32.2. The Morgan fingerprint density at radius 3 is 2.47 bits per heavy atom. The summed E-state index contributed by atoms with van der Waals surface area (Å²) in [5.41, 5.74) is 0.112. The number of thioether (sulfide) groups is 1. The van der Waals surface area contributed by atoms with Gasteiger partial charge in [0.15, 0.2) is 0 Å². The Kier molecular flexibility index (Phi) is 6.42. The molecule has 0 unspecified atom stereocenters. The second-order valence-electron chi connectivity index (χ2n) is 8.96. The number of nitrogens with zero attached hydrogens (tertiary/aromatic N) is 4. The molecular weight excluding hydrogens is 552 g/mol. The van der Waals surface area contributed by atoms with Gasteiger partial charge in [-0.25, -0.2) is 4.90 Å². The molecule has 3 amide bonds. The van der Waals surface area contributed by atoms with E-state index >= 15 is 0 Å². The molecule has 3 aliphatic heterocycles. The summed E-state index contributed by atoms with van der Waals surface area (Å²) in [4.78, 5) is 68.1. The van der Waals surface area contributed by atoms with Crippen LogP contribution in [0.3, 0.4) is 0 Å². The van der Waals surface area contributed by atoms with Crippen LogP contribution in [0.15, 0.2) is 51.6 Å². The number of ether oxygens (including phenoxy) is 1. The molecule has 3 atom stereocenters. The molecule has 3 aromatic rings. The van der Waals surface area contributed by atoms with E-state index in [1.54, 1.807) is 4.90 Å². The first-order valence-electron chi connectivity index (χ1n) is 11.8. The number of imide groups is 1. The number of rotatable bonds is 5. The molecule has 14 heteroatoms. The van der Waals surface area contributed by atoms with E-state index < -0.39 is 33.8 Å². The zero-order valence-corrected chi connectivity index (χ0v) is 22.1. The Morgan fingerprint density at radius 2 is 1.82 bits per heavy atom. The fourth-order valence-electron chi connectivity index (χ4n) is 5.06. The van der Waals surface area contributed by atoms with Crippen molar-refractivity contribution >= 4 is 63.5 Å². The third-order valence-corrected chi connectivity index (χ3v) is 10.4. The fourth-order valence-corrected chi connectivity index (χ4v) is 8.78. The van der Waals surface area contributed by atoms with E-state index in [1.807, 2.05) is 17.5 Å². The molecule has 2 fully saturated rings. The summed E-state index contributed by atoms with van der Waals surface area (Å²) >= 11 is 3.59. The molecule has 5 heterocycles. The average Bonchev–Trinajstić information content (AvgIpc) is 3.62. The molecule has 11 nitrogen and oxygen atoms in total. The minimum atomic E-state index is -0.809. The summed E-state index contributed by atoms with van der Waals surface area (Å²) in [5.74, 6) is -2.34. The summed E-state index contributed by atoms with van der Waals surface area (Å²) < 4.78 is 6.74. The summed E-state index contributed by atoms with van der Waals surface area (Å²) in [5, 5.41) is 12.7. The molecule has 2 saturated heterocycles. The summed E-state index contributed by atoms with van der Waals surface area (Å²) in [6, 6.07) is 9.03. The minimum absolute atomic E-state index is 0.146. The summed E-state index contributed by atoms with van der Waals surface area (Å²) in [7, 11) is 0. The number of aromatic nitrogens is 1. The number of nitro benzene ring substituents is 1. The van der Waals surface area contributed by atoms with Crippen LogP contribution < -0.4 is 9.77 Å². The van der Waals surface area contributed by atoms with E-state index in [2.05, 4.69) is 0 Å². The van der Waals surface area contributed by atoms with Crippen molar-refractivity contribution in [1.82, 2.24) is 9.47 Å². The predicted octanol–water partition coefficient (Wildman–Crippen LogP) is 2.53. The number of non-ortho nitro benzene ring substituents is 1. The van der Waals surface area contributed by atoms with Crippen LogP contribution in [0.25, 0.3) is 0 Å². The Labute approximate surface area is 227 Å². The number of thiazole rings is 1. The molecule has 3 aliphatic rings. The highest BCUT2D eigenvalue weighted by Crippen LogP contribution is 2.54. The predicted molar refractivity (Wildman–Crippen MR) is 141 cm³/mol. The number of thiophene rings is 1. The Morgan fingerprint density at radius 1 is 1.08 bits per heavy atom. The molecule has 1 aromatic carbocycles. The Hall–Kier alpha value is -3.33. The molecule has 6 rings (SSSR count). The molecule has 0 radical (unpaired) electrons. The number of morpholine rings is 1. The van der Waals surface area contributed by atoms with Crippen LogP contribution >= 0.6 is 34.4 Å². The van der Waals surface area contributed by atoms with Crippen molar-refractivity contribution in [2.45, 2.75) is 22.7 Å². The van der Waals surface area contributed by atoms with E-state index in [-0.39, 0.29) is 28.7 Å². The number of fused-ring (bicyclic) bond motifs is 2. The van der Waals surface area contributed by atoms with Crippen molar-refractivity contribution < 1.29 is 24.0 Å². The van der Waals surface area contributed by atoms with Gasteiger partial charge >= 0.3 is 4.87 Å². The van der Waals surface area contributed by atoms with Crippen LogP contribution in [0.2, 0.25) is 0 Å². The largest absolute Gasteiger partial charge is 0.378 e. The number of hydrogen-bond acceptors (Lipinski definition) is 10. The van der Waals surface area contributed by atoms with Gasteiger partial charge in [-0.15, -0.1) is 11.3 Å². The first kappa shape index (κ1) is 25.0. The second kappa shape index (κ2) is 9.76. The van der Waals surface area contributed by atoms with Gasteiger partial charge in [0.1, 0.15) is 11.8 Å². The summed E-state index contributed by atoms with van der Waals surface area (Å²) in [6.45, 7) is 1.63. The van der Waals surface area contributed by atoms with Crippen molar-refractivity contribution in [2.24, 2.45) is 5.92 Å². The smallest absolute Gasteiger partial charge is 0.308 e. The maximum Gasteiger partial charge on any atom is 0.308 e. The fraction of sp³-hybridized carbons (Fsp3) is 0.333. The number of benzene rings is 1. The van der Waals surface area contributed by atoms with Crippen LogP contribution in [0, 0.1) is 16.0 Å². The maximum atomic E-state index is 13.8. The Bertz CT molecular complexity index is 1490. The van der Waals surface area contributed by atoms with Crippen LogP contribution in [-0.4, -0.2) is 63.7 Å². The van der Waals surface area contributed by atoms with Crippen molar-refractivity contribution in [3.63, 3.8) is 0 Å². The van der Waals surface area contributed by atoms with Crippen LogP contribution in [0.1, 0.15) is 15.7 Å². The summed E-state index contributed by atoms with van der Waals surface area (Å²) in [6.07, 6.45) is 0. The van der Waals surface area contributed by atoms with Gasteiger partial charge in [0.2, 0.25) is 17.7 Å². The molecule has 2 aromatic heterocycles. The van der Waals surface area contributed by atoms with Gasteiger partial charge in [0, 0.05) is 40.9 Å². The number of amides is 3. The van der Waals surface area contributed by atoms with Crippen molar-refractivity contribution in [1.29, 1.82) is 0 Å². The SMILES string of the molecule is O=C(Cn1c2c(sc1=O)[C@@H](c1cccs1)[C@H]1C(=O)N(c3ccc([N+](=O)[O-])cc3)C(=O)[C@H]1S2)N1CCOCC1. The number of nitro groups is 1. The highest BCUT2D eigenvalue weighted by molar-refractivity contribution is 8.00. The van der Waals surface area contributed by atoms with Crippen LogP contribution in [0.5, 0.6) is 0 Å². The van der Waals surface area contributed by atoms with Crippen LogP contribution in [0.4, 0.5) is 11.4 Å². The number of hydrogen-bond donors (Lipinski definition) is 0. The molecule has 0 bridgehead atoms. The van der Waals surface area contributed by atoms with Gasteiger partial charge in [-0.2, -0.15) is 0 Å². The Balaban J connectivity index is 1.39. The standard InChI is InChI=1S/C24H20N4O7S3/c29-16(25-7-9-35-10-8-25)12-26-23-20(38-24(26)32)17(15-2-1-11-36-15)18-19(37-23)22(31)27(21(18)30)13-3-5-14(6-4-13)28(33)34/h1-6,11,17-19H,7-10,12H2/t17-,18+,19-/m0/s1. The monoisotopic (exact) mass is 572 g/mol. The number of carbonyl (C=O) groups excluding carboxylic acids is 3. The molecule has 0 saturated carbocycles.